The molecule has 0 aromatic carbocycles. The second-order valence-corrected chi connectivity index (χ2v) is 5.98. The van der Waals surface area contributed by atoms with Gasteiger partial charge in [-0.25, -0.2) is 8.42 Å². The summed E-state index contributed by atoms with van der Waals surface area (Å²) < 4.78 is 20.5. The zero-order valence-corrected chi connectivity index (χ0v) is 8.29. The van der Waals surface area contributed by atoms with Gasteiger partial charge < -0.3 is 0 Å². The minimum Gasteiger partial charge on any atom is -0.297 e. The molecule has 1 unspecified atom stereocenters. The quantitative estimate of drug-likeness (QED) is 0.635. The first-order valence-corrected chi connectivity index (χ1v) is 5.21. The van der Waals surface area contributed by atoms with Gasteiger partial charge in [0.25, 0.3) is 0 Å². The van der Waals surface area contributed by atoms with Crippen LogP contribution in [0.15, 0.2) is 0 Å². The van der Waals surface area contributed by atoms with E-state index < -0.39 is 19.8 Å². The van der Waals surface area contributed by atoms with Crippen LogP contribution < -0.4 is 0 Å². The third kappa shape index (κ3) is 1.93. The largest absolute Gasteiger partial charge is 0.297 e. The van der Waals surface area contributed by atoms with Crippen molar-refractivity contribution in [3.63, 3.8) is 0 Å². The maximum absolute atomic E-state index is 11.1. The number of carbonyl (C=O) groups excluding carboxylic acids is 1. The lowest BCUT2D eigenvalue weighted by atomic mass is 10.3. The summed E-state index contributed by atoms with van der Waals surface area (Å²) in [6.45, 7) is 3.83. The van der Waals surface area contributed by atoms with Crippen LogP contribution in [-0.4, -0.2) is 24.2 Å². The van der Waals surface area contributed by atoms with Crippen LogP contribution >= 0.6 is 11.6 Å². The summed E-state index contributed by atoms with van der Waals surface area (Å²) in [6.07, 6.45) is 0. The summed E-state index contributed by atoms with van der Waals surface area (Å²) in [5.74, 6) is -0.659. The minimum atomic E-state index is -3.48. The number of Topliss-reactive ketones (excluding diaryl/α,β-unsaturated/α-hetero) is 1. The molecular weight excluding hydrogens is 188 g/mol. The number of carbonyl (C=O) groups is 1. The van der Waals surface area contributed by atoms with E-state index in [4.69, 9.17) is 11.6 Å². The van der Waals surface area contributed by atoms with Crippen molar-refractivity contribution in [3.05, 3.63) is 0 Å². The van der Waals surface area contributed by atoms with Crippen molar-refractivity contribution in [1.82, 2.24) is 0 Å². The number of alkyl halides is 1. The standard InChI is InChI=1S/C6H11ClO3S/c1-4-11(9,10)6(3,7)5(2)8/h4H2,1-3H3. The summed E-state index contributed by atoms with van der Waals surface area (Å²) in [4.78, 5) is 10.8. The Bertz CT molecular complexity index is 253. The summed E-state index contributed by atoms with van der Waals surface area (Å²) in [7, 11) is -3.48. The zero-order chi connectivity index (χ0) is 9.28. The van der Waals surface area contributed by atoms with Gasteiger partial charge in [0.15, 0.2) is 19.8 Å². The Morgan fingerprint density at radius 2 is 1.91 bits per heavy atom. The fraction of sp³-hybridized carbons (Fsp3) is 0.833. The molecule has 0 N–H and O–H groups in total. The summed E-state index contributed by atoms with van der Waals surface area (Å²) >= 11 is 5.53. The van der Waals surface area contributed by atoms with E-state index in [2.05, 4.69) is 0 Å². The molecule has 5 heteroatoms. The lowest BCUT2D eigenvalue weighted by Gasteiger charge is -2.17. The lowest BCUT2D eigenvalue weighted by Crippen LogP contribution is -2.37. The Labute approximate surface area is 71.7 Å². The first-order chi connectivity index (χ1) is 4.75. The average molecular weight is 199 g/mol. The van der Waals surface area contributed by atoms with Crippen molar-refractivity contribution in [3.8, 4) is 0 Å². The van der Waals surface area contributed by atoms with Crippen LogP contribution in [0.1, 0.15) is 20.8 Å². The highest BCUT2D eigenvalue weighted by molar-refractivity contribution is 7.94. The molecule has 0 aliphatic carbocycles. The van der Waals surface area contributed by atoms with Crippen LogP contribution in [0.3, 0.4) is 0 Å². The molecule has 0 heterocycles. The normalized spacial score (nSPS) is 17.5. The molecule has 0 rings (SSSR count). The highest BCUT2D eigenvalue weighted by atomic mass is 35.5. The maximum Gasteiger partial charge on any atom is 0.200 e. The Kier molecular flexibility index (Phi) is 3.08. The van der Waals surface area contributed by atoms with E-state index in [1.54, 1.807) is 0 Å². The average Bonchev–Trinajstić information content (AvgIpc) is 1.87. The van der Waals surface area contributed by atoms with Gasteiger partial charge in [-0.3, -0.25) is 4.79 Å². The number of ketones is 1. The molecule has 0 spiro atoms. The van der Waals surface area contributed by atoms with Crippen molar-refractivity contribution >= 4 is 27.2 Å². The molecule has 0 amide bonds. The minimum absolute atomic E-state index is 0.118. The maximum atomic E-state index is 11.1. The summed E-state index contributed by atoms with van der Waals surface area (Å²) in [5, 5.41) is 0. The van der Waals surface area contributed by atoms with Crippen molar-refractivity contribution < 1.29 is 13.2 Å². The van der Waals surface area contributed by atoms with Gasteiger partial charge in [-0.15, -0.1) is 0 Å². The predicted molar refractivity (Wildman–Crippen MR) is 44.4 cm³/mol. The zero-order valence-electron chi connectivity index (χ0n) is 6.72. The number of hydrogen-bond acceptors (Lipinski definition) is 3. The molecule has 1 atom stereocenters. The third-order valence-corrected chi connectivity index (χ3v) is 4.78. The third-order valence-electron chi connectivity index (χ3n) is 1.59. The van der Waals surface area contributed by atoms with Crippen LogP contribution in [0.4, 0.5) is 0 Å². The molecule has 3 nitrogen and oxygen atoms in total. The Hall–Kier alpha value is -0.0900. The predicted octanol–water partition coefficient (Wildman–Crippen LogP) is 0.965. The van der Waals surface area contributed by atoms with Gasteiger partial charge in [-0.2, -0.15) is 0 Å². The van der Waals surface area contributed by atoms with Gasteiger partial charge in [0, 0.05) is 5.75 Å². The Morgan fingerprint density at radius 3 is 2.00 bits per heavy atom. The highest BCUT2D eigenvalue weighted by Gasteiger charge is 2.40. The van der Waals surface area contributed by atoms with Gasteiger partial charge >= 0.3 is 0 Å². The van der Waals surface area contributed by atoms with E-state index in [1.165, 1.54) is 20.8 Å². The second kappa shape index (κ2) is 3.11. The van der Waals surface area contributed by atoms with Crippen LogP contribution in [0.5, 0.6) is 0 Å². The van der Waals surface area contributed by atoms with Gasteiger partial charge in [0.2, 0.25) is 0 Å². The Balaban J connectivity index is 5.01. The fourth-order valence-corrected chi connectivity index (χ4v) is 1.80. The summed E-state index contributed by atoms with van der Waals surface area (Å²) in [5.41, 5.74) is 0. The SMILES string of the molecule is CCS(=O)(=O)C(C)(Cl)C(C)=O. The highest BCUT2D eigenvalue weighted by Crippen LogP contribution is 2.23. The second-order valence-electron chi connectivity index (χ2n) is 2.38. The Morgan fingerprint density at radius 1 is 1.55 bits per heavy atom. The number of sulfone groups is 1. The van der Waals surface area contributed by atoms with Gasteiger partial charge in [0.05, 0.1) is 0 Å². The first-order valence-electron chi connectivity index (χ1n) is 3.18. The fourth-order valence-electron chi connectivity index (χ4n) is 0.490. The number of hydrogen-bond donors (Lipinski definition) is 0. The van der Waals surface area contributed by atoms with Crippen LogP contribution in [0.25, 0.3) is 0 Å². The van der Waals surface area contributed by atoms with Crippen molar-refractivity contribution in [2.24, 2.45) is 0 Å². The van der Waals surface area contributed by atoms with Gasteiger partial charge in [-0.05, 0) is 13.8 Å². The topological polar surface area (TPSA) is 51.2 Å². The first kappa shape index (κ1) is 10.9. The van der Waals surface area contributed by atoms with Crippen LogP contribution in [0.2, 0.25) is 0 Å². The molecule has 0 saturated carbocycles. The summed E-state index contributed by atoms with van der Waals surface area (Å²) in [6, 6.07) is 0. The van der Waals surface area contributed by atoms with Crippen molar-refractivity contribution in [1.29, 1.82) is 0 Å². The molecule has 0 aromatic heterocycles. The van der Waals surface area contributed by atoms with E-state index in [9.17, 15) is 13.2 Å². The van der Waals surface area contributed by atoms with Crippen LogP contribution in [0, 0.1) is 0 Å². The molecule has 0 aliphatic heterocycles. The monoisotopic (exact) mass is 198 g/mol. The van der Waals surface area contributed by atoms with Gasteiger partial charge in [-0.1, -0.05) is 18.5 Å². The molecular formula is C6H11ClO3S. The van der Waals surface area contributed by atoms with E-state index in [0.29, 0.717) is 0 Å². The molecule has 0 saturated heterocycles. The van der Waals surface area contributed by atoms with E-state index in [-0.39, 0.29) is 5.75 Å². The molecule has 0 radical (unpaired) electrons. The molecule has 11 heavy (non-hydrogen) atoms. The van der Waals surface area contributed by atoms with Crippen molar-refractivity contribution in [2.75, 3.05) is 5.75 Å². The molecule has 0 aliphatic rings. The molecule has 66 valence electrons. The molecule has 0 bridgehead atoms. The van der Waals surface area contributed by atoms with E-state index >= 15 is 0 Å². The van der Waals surface area contributed by atoms with Crippen molar-refractivity contribution in [2.45, 2.75) is 25.0 Å². The number of halogens is 1. The molecule has 0 aromatic rings. The van der Waals surface area contributed by atoms with E-state index in [1.807, 2.05) is 0 Å². The molecule has 0 fully saturated rings. The van der Waals surface area contributed by atoms with E-state index in [0.717, 1.165) is 0 Å². The number of rotatable bonds is 3. The van der Waals surface area contributed by atoms with Crippen LogP contribution in [-0.2, 0) is 14.6 Å². The lowest BCUT2D eigenvalue weighted by molar-refractivity contribution is -0.117. The smallest absolute Gasteiger partial charge is 0.200 e. The van der Waals surface area contributed by atoms with Gasteiger partial charge in [0.1, 0.15) is 0 Å².